The van der Waals surface area contributed by atoms with Gasteiger partial charge in [-0.25, -0.2) is 0 Å². The summed E-state index contributed by atoms with van der Waals surface area (Å²) in [6.45, 7) is 10.0. The molecule has 3 atom stereocenters. The van der Waals surface area contributed by atoms with Crippen molar-refractivity contribution in [1.82, 2.24) is 21.3 Å². The van der Waals surface area contributed by atoms with Crippen molar-refractivity contribution in [2.24, 2.45) is 5.92 Å². The van der Waals surface area contributed by atoms with Crippen LogP contribution >= 0.6 is 24.2 Å². The summed E-state index contributed by atoms with van der Waals surface area (Å²) in [6.07, 6.45) is 7.66. The van der Waals surface area contributed by atoms with Crippen molar-refractivity contribution in [1.29, 1.82) is 0 Å². The number of benzene rings is 2. The minimum atomic E-state index is -0.711. The number of aliphatic hydroxyl groups excluding tert-OH is 1. The number of carbonyl (C=O) groups is 4. The van der Waals surface area contributed by atoms with Crippen LogP contribution in [0.2, 0.25) is 5.02 Å². The molecule has 0 bridgehead atoms. The van der Waals surface area contributed by atoms with Crippen molar-refractivity contribution in [2.45, 2.75) is 96.7 Å². The zero-order chi connectivity index (χ0) is 36.6. The van der Waals surface area contributed by atoms with E-state index in [2.05, 4.69) is 40.5 Å². The summed E-state index contributed by atoms with van der Waals surface area (Å²) in [4.78, 5) is 49.6. The van der Waals surface area contributed by atoms with E-state index in [1.54, 1.807) is 13.1 Å². The maximum absolute atomic E-state index is 13.1. The van der Waals surface area contributed by atoms with Crippen LogP contribution in [0.4, 0.5) is 0 Å². The Bertz CT molecular complexity index is 1320. The van der Waals surface area contributed by atoms with Gasteiger partial charge in [0.15, 0.2) is 0 Å². The molecule has 9 nitrogen and oxygen atoms in total. The van der Waals surface area contributed by atoms with Crippen LogP contribution in [0.5, 0.6) is 0 Å². The van der Waals surface area contributed by atoms with Gasteiger partial charge in [-0.15, -0.1) is 12.6 Å². The van der Waals surface area contributed by atoms with Crippen LogP contribution in [-0.2, 0) is 32.0 Å². The van der Waals surface area contributed by atoms with Crippen molar-refractivity contribution in [3.8, 4) is 0 Å². The second-order valence-electron chi connectivity index (χ2n) is 12.1. The van der Waals surface area contributed by atoms with Gasteiger partial charge >= 0.3 is 0 Å². The quantitative estimate of drug-likeness (QED) is 0.0594. The molecule has 0 aliphatic heterocycles. The number of unbranched alkanes of at least 4 members (excludes halogenated alkanes) is 1. The summed E-state index contributed by atoms with van der Waals surface area (Å²) in [5.74, 6) is -0.612. The molecule has 0 aliphatic rings. The lowest BCUT2D eigenvalue weighted by Gasteiger charge is -2.25. The van der Waals surface area contributed by atoms with Gasteiger partial charge in [-0.1, -0.05) is 86.6 Å². The van der Waals surface area contributed by atoms with Crippen molar-refractivity contribution >= 4 is 47.9 Å². The van der Waals surface area contributed by atoms with Crippen molar-refractivity contribution in [3.05, 3.63) is 94.4 Å². The van der Waals surface area contributed by atoms with Gasteiger partial charge < -0.3 is 26.4 Å². The number of carbonyl (C=O) groups excluding carboxylic acids is 4. The molecule has 0 heterocycles. The third-order valence-electron chi connectivity index (χ3n) is 7.62. The fourth-order valence-corrected chi connectivity index (χ4v) is 5.13. The molecular formula is C38H55ClN4O5S. The molecule has 0 fully saturated rings. The maximum Gasteiger partial charge on any atom is 0.243 e. The van der Waals surface area contributed by atoms with Crippen LogP contribution in [0.1, 0.15) is 76.8 Å². The van der Waals surface area contributed by atoms with E-state index in [-0.39, 0.29) is 48.4 Å². The Labute approximate surface area is 303 Å². The van der Waals surface area contributed by atoms with Crippen LogP contribution in [-0.4, -0.2) is 60.5 Å². The van der Waals surface area contributed by atoms with E-state index in [0.717, 1.165) is 35.3 Å². The Morgan fingerprint density at radius 2 is 1.55 bits per heavy atom. The molecule has 0 aliphatic carbocycles. The Kier molecular flexibility index (Phi) is 22.5. The van der Waals surface area contributed by atoms with Crippen molar-refractivity contribution in [2.75, 3.05) is 13.6 Å². The molecule has 0 spiro atoms. The molecule has 5 N–H and O–H groups in total. The van der Waals surface area contributed by atoms with E-state index in [1.165, 1.54) is 0 Å². The monoisotopic (exact) mass is 714 g/mol. The standard InChI is InChI=1S/C25H37N3O3S.C13H18ClNO2/c1-5-11-20(32)14-9-10-15-23(29)27-22(16-19-12-7-6-8-13-19)25(31)28-21(18(2)3)17-24(30)26-4;1-2-15-13(17)9-12(16)8-5-10-3-6-11(14)7-4-10/h5-8,11-13,18,21-22,32H,1,9-10,14-17H2,2-4H3,(H,26,30)(H,27,29)(H,28,31);3-4,6-7,12,16H,2,5,8-9H2,1H3,(H,15,17)/b20-11-;/t21-,22?;/m1./s1. The summed E-state index contributed by atoms with van der Waals surface area (Å²) in [5.41, 5.74) is 2.07. The molecule has 49 heavy (non-hydrogen) atoms. The van der Waals surface area contributed by atoms with Crippen LogP contribution in [0, 0.1) is 5.92 Å². The molecule has 0 saturated heterocycles. The number of rotatable bonds is 20. The van der Waals surface area contributed by atoms with Gasteiger partial charge in [0, 0.05) is 43.9 Å². The van der Waals surface area contributed by atoms with Crippen LogP contribution in [0.25, 0.3) is 0 Å². The molecule has 2 aromatic carbocycles. The van der Waals surface area contributed by atoms with E-state index in [9.17, 15) is 24.3 Å². The fraction of sp³-hybridized carbons (Fsp3) is 0.474. The molecule has 4 amide bonds. The Morgan fingerprint density at radius 3 is 2.14 bits per heavy atom. The third kappa shape index (κ3) is 20.5. The molecule has 2 aromatic rings. The highest BCUT2D eigenvalue weighted by Gasteiger charge is 2.26. The molecule has 270 valence electrons. The number of hydrogen-bond donors (Lipinski definition) is 6. The smallest absolute Gasteiger partial charge is 0.243 e. The van der Waals surface area contributed by atoms with Gasteiger partial charge in [0.25, 0.3) is 0 Å². The van der Waals surface area contributed by atoms with Crippen LogP contribution in [0.3, 0.4) is 0 Å². The van der Waals surface area contributed by atoms with Crippen molar-refractivity contribution < 1.29 is 24.3 Å². The number of aryl methyl sites for hydroxylation is 1. The molecule has 0 aromatic heterocycles. The average molecular weight is 715 g/mol. The number of aliphatic hydroxyl groups is 1. The number of thiol groups is 1. The molecule has 0 radical (unpaired) electrons. The predicted octanol–water partition coefficient (Wildman–Crippen LogP) is 5.71. The Morgan fingerprint density at radius 1 is 0.898 bits per heavy atom. The first-order valence-electron chi connectivity index (χ1n) is 16.9. The van der Waals surface area contributed by atoms with Gasteiger partial charge in [-0.2, -0.15) is 0 Å². The first-order valence-corrected chi connectivity index (χ1v) is 17.7. The minimum Gasteiger partial charge on any atom is -0.393 e. The number of hydrogen-bond acceptors (Lipinski definition) is 6. The lowest BCUT2D eigenvalue weighted by molar-refractivity contribution is -0.130. The largest absolute Gasteiger partial charge is 0.393 e. The Hall–Kier alpha value is -3.60. The van der Waals surface area contributed by atoms with E-state index in [0.29, 0.717) is 37.3 Å². The van der Waals surface area contributed by atoms with E-state index >= 15 is 0 Å². The van der Waals surface area contributed by atoms with Crippen LogP contribution < -0.4 is 21.3 Å². The number of amides is 4. The summed E-state index contributed by atoms with van der Waals surface area (Å²) in [6, 6.07) is 16.1. The second-order valence-corrected chi connectivity index (χ2v) is 13.1. The second kappa shape index (κ2) is 25.4. The van der Waals surface area contributed by atoms with E-state index < -0.39 is 12.1 Å². The normalized spacial score (nSPS) is 12.9. The minimum absolute atomic E-state index is 0.0726. The maximum atomic E-state index is 13.1. The molecule has 2 unspecified atom stereocenters. The number of nitrogens with one attached hydrogen (secondary N) is 4. The first-order chi connectivity index (χ1) is 23.4. The summed E-state index contributed by atoms with van der Waals surface area (Å²) in [7, 11) is 1.57. The fourth-order valence-electron chi connectivity index (χ4n) is 4.74. The topological polar surface area (TPSA) is 137 Å². The van der Waals surface area contributed by atoms with Crippen molar-refractivity contribution in [3.63, 3.8) is 0 Å². The predicted molar refractivity (Wildman–Crippen MR) is 202 cm³/mol. The summed E-state index contributed by atoms with van der Waals surface area (Å²) >= 11 is 10.1. The molecular weight excluding hydrogens is 660 g/mol. The Balaban J connectivity index is 0.000000591. The van der Waals surface area contributed by atoms with Gasteiger partial charge in [0.05, 0.1) is 12.5 Å². The average Bonchev–Trinajstić information content (AvgIpc) is 3.06. The zero-order valence-electron chi connectivity index (χ0n) is 29.3. The third-order valence-corrected chi connectivity index (χ3v) is 8.25. The van der Waals surface area contributed by atoms with Gasteiger partial charge in [-0.05, 0) is 73.1 Å². The first kappa shape index (κ1) is 43.4. The zero-order valence-corrected chi connectivity index (χ0v) is 31.0. The molecule has 11 heteroatoms. The van der Waals surface area contributed by atoms with E-state index in [4.69, 9.17) is 11.6 Å². The van der Waals surface area contributed by atoms with Gasteiger partial charge in [0.1, 0.15) is 6.04 Å². The lowest BCUT2D eigenvalue weighted by atomic mass is 9.98. The lowest BCUT2D eigenvalue weighted by Crippen LogP contribution is -2.52. The number of allylic oxidation sites excluding steroid dienone is 3. The highest BCUT2D eigenvalue weighted by molar-refractivity contribution is 7.84. The highest BCUT2D eigenvalue weighted by atomic mass is 35.5. The summed E-state index contributed by atoms with van der Waals surface area (Å²) in [5, 5.41) is 21.5. The van der Waals surface area contributed by atoms with Gasteiger partial charge in [0.2, 0.25) is 23.6 Å². The molecule has 0 saturated carbocycles. The highest BCUT2D eigenvalue weighted by Crippen LogP contribution is 2.14. The SMILES string of the molecule is C=C/C=C(\S)CCCCC(=O)NC(Cc1ccccc1)C(=O)N[C@H](CC(=O)NC)C(C)C.CCNC(=O)CC(O)CCc1ccc(Cl)cc1. The summed E-state index contributed by atoms with van der Waals surface area (Å²) < 4.78 is 0. The number of halogens is 1. The van der Waals surface area contributed by atoms with Crippen LogP contribution in [0.15, 0.2) is 78.2 Å². The van der Waals surface area contributed by atoms with Gasteiger partial charge in [-0.3, -0.25) is 19.2 Å². The van der Waals surface area contributed by atoms with E-state index in [1.807, 2.05) is 81.4 Å². The molecule has 2 rings (SSSR count).